The molecule has 0 saturated carbocycles. The number of piperazine rings is 1. The van der Waals surface area contributed by atoms with Crippen molar-refractivity contribution in [3.63, 3.8) is 0 Å². The average Bonchev–Trinajstić information content (AvgIpc) is 3.34. The Labute approximate surface area is 194 Å². The smallest absolute Gasteiger partial charge is 0.324 e. The number of hydrogen-bond donors (Lipinski definition) is 0. The van der Waals surface area contributed by atoms with Crippen LogP contribution in [-0.4, -0.2) is 74.9 Å². The first-order valence-corrected chi connectivity index (χ1v) is 12.6. The quantitative estimate of drug-likeness (QED) is 0.600. The fraction of sp³-hybridized carbons (Fsp3) is 0.417. The highest BCUT2D eigenvalue weighted by atomic mass is 32.2. The highest BCUT2D eigenvalue weighted by Gasteiger charge is 2.40. The summed E-state index contributed by atoms with van der Waals surface area (Å²) in [5.41, 5.74) is 2.07. The summed E-state index contributed by atoms with van der Waals surface area (Å²) in [6.07, 6.45) is 0.952. The number of sulfonamides is 1. The van der Waals surface area contributed by atoms with Gasteiger partial charge in [-0.3, -0.25) is 9.59 Å². The first-order chi connectivity index (χ1) is 15.9. The van der Waals surface area contributed by atoms with Crippen LogP contribution in [0.2, 0.25) is 0 Å². The molecule has 9 heteroatoms. The molecule has 2 saturated heterocycles. The first-order valence-electron chi connectivity index (χ1n) is 11.2. The minimum absolute atomic E-state index is 0.153. The number of ether oxygens (including phenoxy) is 1. The van der Waals surface area contributed by atoms with Crippen LogP contribution in [0.4, 0.5) is 5.69 Å². The van der Waals surface area contributed by atoms with Crippen LogP contribution in [0.15, 0.2) is 59.5 Å². The third-order valence-electron chi connectivity index (χ3n) is 6.19. The zero-order valence-corrected chi connectivity index (χ0v) is 19.5. The van der Waals surface area contributed by atoms with Crippen molar-refractivity contribution < 1.29 is 22.7 Å². The predicted molar refractivity (Wildman–Crippen MR) is 124 cm³/mol. The molecule has 176 valence electrons. The molecular weight excluding hydrogens is 442 g/mol. The normalized spacial score (nSPS) is 19.5. The Morgan fingerprint density at radius 1 is 0.939 bits per heavy atom. The Bertz CT molecular complexity index is 1080. The van der Waals surface area contributed by atoms with Gasteiger partial charge in [-0.15, -0.1) is 0 Å². The van der Waals surface area contributed by atoms with Gasteiger partial charge in [-0.05, 0) is 44.0 Å². The molecule has 2 aliphatic rings. The summed E-state index contributed by atoms with van der Waals surface area (Å²) in [4.78, 5) is 29.3. The van der Waals surface area contributed by atoms with E-state index < -0.39 is 22.0 Å². The standard InChI is InChI=1S/C24H29N3O5S/c1-19-9-11-21(12-10-19)33(30,31)27-13-5-8-22(27)24(29)32-18-23(28)26-16-14-25(15-17-26)20-6-3-2-4-7-20/h2-4,6-7,9-12,22H,5,8,13-18H2,1H3/t22-/m0/s1. The lowest BCUT2D eigenvalue weighted by atomic mass is 10.2. The van der Waals surface area contributed by atoms with Crippen LogP contribution < -0.4 is 4.90 Å². The molecule has 1 amide bonds. The number of para-hydroxylation sites is 1. The van der Waals surface area contributed by atoms with Gasteiger partial charge >= 0.3 is 5.97 Å². The lowest BCUT2D eigenvalue weighted by molar-refractivity contribution is -0.154. The number of hydrogen-bond acceptors (Lipinski definition) is 6. The van der Waals surface area contributed by atoms with Gasteiger partial charge in [-0.25, -0.2) is 8.42 Å². The van der Waals surface area contributed by atoms with Crippen LogP contribution >= 0.6 is 0 Å². The summed E-state index contributed by atoms with van der Waals surface area (Å²) in [5, 5.41) is 0. The Morgan fingerprint density at radius 3 is 2.27 bits per heavy atom. The zero-order valence-electron chi connectivity index (χ0n) is 18.7. The maximum atomic E-state index is 13.0. The maximum absolute atomic E-state index is 13.0. The van der Waals surface area contributed by atoms with Crippen molar-refractivity contribution in [2.24, 2.45) is 0 Å². The van der Waals surface area contributed by atoms with Crippen LogP contribution in [-0.2, 0) is 24.3 Å². The lowest BCUT2D eigenvalue weighted by Crippen LogP contribution is -2.50. The minimum Gasteiger partial charge on any atom is -0.454 e. The van der Waals surface area contributed by atoms with Crippen molar-refractivity contribution in [3.05, 3.63) is 60.2 Å². The largest absolute Gasteiger partial charge is 0.454 e. The Hall–Kier alpha value is -2.91. The van der Waals surface area contributed by atoms with Crippen LogP contribution in [0.5, 0.6) is 0 Å². The average molecular weight is 472 g/mol. The molecule has 2 aromatic carbocycles. The van der Waals surface area contributed by atoms with Crippen LogP contribution in [0.3, 0.4) is 0 Å². The molecule has 2 heterocycles. The number of esters is 1. The molecule has 0 spiro atoms. The van der Waals surface area contributed by atoms with Gasteiger partial charge in [0.05, 0.1) is 4.90 Å². The van der Waals surface area contributed by atoms with Gasteiger partial charge in [0.1, 0.15) is 6.04 Å². The molecule has 0 bridgehead atoms. The second-order valence-corrected chi connectivity index (χ2v) is 10.3. The van der Waals surface area contributed by atoms with Crippen molar-refractivity contribution in [2.75, 3.05) is 44.2 Å². The fourth-order valence-corrected chi connectivity index (χ4v) is 5.93. The molecule has 4 rings (SSSR count). The SMILES string of the molecule is Cc1ccc(S(=O)(=O)N2CCC[C@H]2C(=O)OCC(=O)N2CCN(c3ccccc3)CC2)cc1. The van der Waals surface area contributed by atoms with E-state index in [1.54, 1.807) is 29.2 Å². The highest BCUT2D eigenvalue weighted by Crippen LogP contribution is 2.27. The summed E-state index contributed by atoms with van der Waals surface area (Å²) >= 11 is 0. The molecule has 0 unspecified atom stereocenters. The van der Waals surface area contributed by atoms with E-state index in [1.165, 1.54) is 4.31 Å². The monoisotopic (exact) mass is 471 g/mol. The highest BCUT2D eigenvalue weighted by molar-refractivity contribution is 7.89. The van der Waals surface area contributed by atoms with Crippen molar-refractivity contribution in [3.8, 4) is 0 Å². The zero-order chi connectivity index (χ0) is 23.4. The van der Waals surface area contributed by atoms with Gasteiger partial charge in [0.2, 0.25) is 10.0 Å². The molecule has 33 heavy (non-hydrogen) atoms. The van der Waals surface area contributed by atoms with Gasteiger partial charge in [0.25, 0.3) is 5.91 Å². The molecule has 8 nitrogen and oxygen atoms in total. The first kappa shape index (κ1) is 23.3. The lowest BCUT2D eigenvalue weighted by Gasteiger charge is -2.36. The van der Waals surface area contributed by atoms with E-state index >= 15 is 0 Å². The summed E-state index contributed by atoms with van der Waals surface area (Å²) in [7, 11) is -3.81. The summed E-state index contributed by atoms with van der Waals surface area (Å²) < 4.78 is 32.5. The van der Waals surface area contributed by atoms with Crippen molar-refractivity contribution in [1.29, 1.82) is 0 Å². The van der Waals surface area contributed by atoms with E-state index in [9.17, 15) is 18.0 Å². The van der Waals surface area contributed by atoms with E-state index in [0.717, 1.165) is 11.3 Å². The molecule has 0 aliphatic carbocycles. The summed E-state index contributed by atoms with van der Waals surface area (Å²) in [6, 6.07) is 15.7. The molecule has 1 atom stereocenters. The van der Waals surface area contributed by atoms with E-state index in [0.29, 0.717) is 39.0 Å². The topological polar surface area (TPSA) is 87.2 Å². The van der Waals surface area contributed by atoms with E-state index in [1.807, 2.05) is 37.3 Å². The van der Waals surface area contributed by atoms with Gasteiger partial charge in [0, 0.05) is 38.4 Å². The number of rotatable bonds is 6. The Kier molecular flexibility index (Phi) is 6.99. The molecule has 2 aliphatic heterocycles. The fourth-order valence-electron chi connectivity index (χ4n) is 4.28. The predicted octanol–water partition coefficient (Wildman–Crippen LogP) is 2.04. The Morgan fingerprint density at radius 2 is 1.61 bits per heavy atom. The van der Waals surface area contributed by atoms with E-state index in [4.69, 9.17) is 4.74 Å². The van der Waals surface area contributed by atoms with E-state index in [2.05, 4.69) is 4.90 Å². The summed E-state index contributed by atoms with van der Waals surface area (Å²) in [5.74, 6) is -0.929. The minimum atomic E-state index is -3.81. The van der Waals surface area contributed by atoms with Crippen molar-refractivity contribution in [2.45, 2.75) is 30.7 Å². The molecule has 0 radical (unpaired) electrons. The number of nitrogens with zero attached hydrogens (tertiary/aromatic N) is 3. The number of carbonyl (C=O) groups is 2. The molecule has 0 N–H and O–H groups in total. The maximum Gasteiger partial charge on any atom is 0.324 e. The van der Waals surface area contributed by atoms with Gasteiger partial charge in [0.15, 0.2) is 6.61 Å². The molecule has 0 aromatic heterocycles. The third kappa shape index (κ3) is 5.20. The number of anilines is 1. The van der Waals surface area contributed by atoms with Crippen molar-refractivity contribution >= 4 is 27.6 Å². The van der Waals surface area contributed by atoms with Crippen LogP contribution in [0.25, 0.3) is 0 Å². The van der Waals surface area contributed by atoms with Gasteiger partial charge in [-0.2, -0.15) is 4.31 Å². The number of benzene rings is 2. The number of carbonyl (C=O) groups excluding carboxylic acids is 2. The third-order valence-corrected chi connectivity index (χ3v) is 8.12. The number of aryl methyl sites for hydroxylation is 1. The molecular formula is C24H29N3O5S. The van der Waals surface area contributed by atoms with Crippen LogP contribution in [0, 0.1) is 6.92 Å². The summed E-state index contributed by atoms with van der Waals surface area (Å²) in [6.45, 7) is 4.25. The Balaban J connectivity index is 1.31. The number of amides is 1. The second kappa shape index (κ2) is 9.93. The van der Waals surface area contributed by atoms with Gasteiger partial charge in [-0.1, -0.05) is 35.9 Å². The molecule has 2 fully saturated rings. The molecule has 2 aromatic rings. The van der Waals surface area contributed by atoms with Crippen molar-refractivity contribution in [1.82, 2.24) is 9.21 Å². The van der Waals surface area contributed by atoms with Gasteiger partial charge < -0.3 is 14.5 Å². The second-order valence-electron chi connectivity index (χ2n) is 8.40. The van der Waals surface area contributed by atoms with Crippen LogP contribution in [0.1, 0.15) is 18.4 Å². The van der Waals surface area contributed by atoms with E-state index in [-0.39, 0.29) is 24.0 Å².